The highest BCUT2D eigenvalue weighted by Gasteiger charge is 2.20. The van der Waals surface area contributed by atoms with E-state index >= 15 is 0 Å². The smallest absolute Gasteiger partial charge is 0.387 e. The number of pyridine rings is 1. The van der Waals surface area contributed by atoms with Gasteiger partial charge in [0.1, 0.15) is 5.75 Å². The van der Waals surface area contributed by atoms with Crippen molar-refractivity contribution in [3.8, 4) is 5.75 Å². The van der Waals surface area contributed by atoms with Gasteiger partial charge in [-0.25, -0.2) is 4.98 Å². The average molecular weight is 374 g/mol. The van der Waals surface area contributed by atoms with Gasteiger partial charge in [0, 0.05) is 26.3 Å². The number of hydrogen-bond donors (Lipinski definition) is 0. The first-order valence-corrected chi connectivity index (χ1v) is 8.36. The quantitative estimate of drug-likeness (QED) is 0.686. The standard InChI is InChI=1S/C19H20F2N4O2/c1-11-9-15(16-12(2)23-25(4)17(16)22-11)18(26)24(3)10-13-5-7-14(8-6-13)27-19(20)21/h5-9,19H,10H2,1-4H3. The molecular weight excluding hydrogens is 354 g/mol. The van der Waals surface area contributed by atoms with Crippen molar-refractivity contribution in [3.63, 3.8) is 0 Å². The summed E-state index contributed by atoms with van der Waals surface area (Å²) in [6.07, 6.45) is 0. The molecule has 2 heterocycles. The molecule has 3 rings (SSSR count). The number of rotatable bonds is 5. The molecule has 0 unspecified atom stereocenters. The van der Waals surface area contributed by atoms with Gasteiger partial charge in [-0.3, -0.25) is 9.48 Å². The maximum absolute atomic E-state index is 13.0. The van der Waals surface area contributed by atoms with Gasteiger partial charge in [0.15, 0.2) is 5.65 Å². The van der Waals surface area contributed by atoms with Crippen LogP contribution in [0.5, 0.6) is 5.75 Å². The summed E-state index contributed by atoms with van der Waals surface area (Å²) in [6.45, 7) is 1.15. The molecule has 0 spiro atoms. The Bertz CT molecular complexity index is 984. The molecule has 0 aliphatic carbocycles. The number of alkyl halides is 2. The molecule has 0 N–H and O–H groups in total. The van der Waals surface area contributed by atoms with E-state index in [0.717, 1.165) is 22.3 Å². The second-order valence-electron chi connectivity index (χ2n) is 6.40. The summed E-state index contributed by atoms with van der Waals surface area (Å²) in [5, 5.41) is 5.10. The molecule has 0 fully saturated rings. The van der Waals surface area contributed by atoms with Crippen molar-refractivity contribution in [3.05, 3.63) is 52.8 Å². The highest BCUT2D eigenvalue weighted by atomic mass is 19.3. The number of fused-ring (bicyclic) bond motifs is 1. The molecule has 6 nitrogen and oxygen atoms in total. The summed E-state index contributed by atoms with van der Waals surface area (Å²) >= 11 is 0. The van der Waals surface area contributed by atoms with Crippen molar-refractivity contribution in [1.29, 1.82) is 0 Å². The Morgan fingerprint density at radius 3 is 2.56 bits per heavy atom. The van der Waals surface area contributed by atoms with E-state index in [9.17, 15) is 13.6 Å². The van der Waals surface area contributed by atoms with Gasteiger partial charge in [-0.2, -0.15) is 13.9 Å². The van der Waals surface area contributed by atoms with Crippen LogP contribution in [0.15, 0.2) is 30.3 Å². The summed E-state index contributed by atoms with van der Waals surface area (Å²) in [4.78, 5) is 19.1. The fraction of sp³-hybridized carbons (Fsp3) is 0.316. The van der Waals surface area contributed by atoms with E-state index in [-0.39, 0.29) is 11.7 Å². The first kappa shape index (κ1) is 18.8. The third-order valence-corrected chi connectivity index (χ3v) is 4.24. The van der Waals surface area contributed by atoms with Crippen LogP contribution < -0.4 is 4.74 Å². The second kappa shape index (κ2) is 7.30. The molecule has 142 valence electrons. The maximum Gasteiger partial charge on any atom is 0.387 e. The van der Waals surface area contributed by atoms with Crippen LogP contribution in [0.2, 0.25) is 0 Å². The second-order valence-corrected chi connectivity index (χ2v) is 6.40. The lowest BCUT2D eigenvalue weighted by molar-refractivity contribution is -0.0498. The predicted octanol–water partition coefficient (Wildman–Crippen LogP) is 3.46. The number of carbonyl (C=O) groups excluding carboxylic acids is 1. The van der Waals surface area contributed by atoms with E-state index in [4.69, 9.17) is 0 Å². The molecule has 0 saturated carbocycles. The molecule has 0 aliphatic rings. The average Bonchev–Trinajstić information content (AvgIpc) is 2.88. The lowest BCUT2D eigenvalue weighted by atomic mass is 10.1. The largest absolute Gasteiger partial charge is 0.435 e. The van der Waals surface area contributed by atoms with Crippen LogP contribution >= 0.6 is 0 Å². The molecule has 0 saturated heterocycles. The molecule has 0 aliphatic heterocycles. The number of nitrogens with zero attached hydrogens (tertiary/aromatic N) is 4. The number of carbonyl (C=O) groups is 1. The lowest BCUT2D eigenvalue weighted by Gasteiger charge is -2.18. The molecule has 1 amide bonds. The van der Waals surface area contributed by atoms with Crippen LogP contribution in [0.25, 0.3) is 11.0 Å². The predicted molar refractivity (Wildman–Crippen MR) is 96.9 cm³/mol. The van der Waals surface area contributed by atoms with Crippen molar-refractivity contribution in [2.24, 2.45) is 7.05 Å². The van der Waals surface area contributed by atoms with Crippen molar-refractivity contribution in [2.45, 2.75) is 27.0 Å². The maximum atomic E-state index is 13.0. The third kappa shape index (κ3) is 3.89. The van der Waals surface area contributed by atoms with E-state index in [0.29, 0.717) is 17.8 Å². The molecular formula is C19H20F2N4O2. The lowest BCUT2D eigenvalue weighted by Crippen LogP contribution is -2.26. The molecule has 1 aromatic carbocycles. The number of ether oxygens (including phenoxy) is 1. The van der Waals surface area contributed by atoms with E-state index in [2.05, 4.69) is 14.8 Å². The first-order valence-electron chi connectivity index (χ1n) is 8.36. The van der Waals surface area contributed by atoms with Crippen LogP contribution in [-0.4, -0.2) is 39.2 Å². The van der Waals surface area contributed by atoms with E-state index in [1.54, 1.807) is 41.9 Å². The molecule has 27 heavy (non-hydrogen) atoms. The summed E-state index contributed by atoms with van der Waals surface area (Å²) in [5.41, 5.74) is 3.49. The molecule has 0 atom stereocenters. The van der Waals surface area contributed by atoms with Gasteiger partial charge in [0.25, 0.3) is 5.91 Å². The number of hydrogen-bond acceptors (Lipinski definition) is 4. The fourth-order valence-corrected chi connectivity index (χ4v) is 3.07. The molecule has 8 heteroatoms. The van der Waals surface area contributed by atoms with Crippen LogP contribution in [0, 0.1) is 13.8 Å². The number of aryl methyl sites for hydroxylation is 3. The van der Waals surface area contributed by atoms with E-state index in [1.165, 1.54) is 12.1 Å². The zero-order valence-electron chi connectivity index (χ0n) is 15.5. The number of benzene rings is 1. The van der Waals surface area contributed by atoms with Crippen molar-refractivity contribution >= 4 is 16.9 Å². The zero-order valence-corrected chi connectivity index (χ0v) is 15.5. The van der Waals surface area contributed by atoms with Crippen LogP contribution in [0.1, 0.15) is 27.3 Å². The summed E-state index contributed by atoms with van der Waals surface area (Å²) in [5.74, 6) is -0.0744. The Kier molecular flexibility index (Phi) is 5.07. The van der Waals surface area contributed by atoms with Crippen LogP contribution in [0.3, 0.4) is 0 Å². The van der Waals surface area contributed by atoms with Gasteiger partial charge in [0.05, 0.1) is 16.6 Å². The van der Waals surface area contributed by atoms with Gasteiger partial charge in [-0.1, -0.05) is 12.1 Å². The van der Waals surface area contributed by atoms with E-state index < -0.39 is 6.61 Å². The monoisotopic (exact) mass is 374 g/mol. The van der Waals surface area contributed by atoms with Gasteiger partial charge in [-0.15, -0.1) is 0 Å². The SMILES string of the molecule is Cc1cc(C(=O)N(C)Cc2ccc(OC(F)F)cc2)c2c(C)nn(C)c2n1. The van der Waals surface area contributed by atoms with Crippen molar-refractivity contribution < 1.29 is 18.3 Å². The number of halogens is 2. The van der Waals surface area contributed by atoms with Crippen LogP contribution in [-0.2, 0) is 13.6 Å². The highest BCUT2D eigenvalue weighted by Crippen LogP contribution is 2.23. The molecule has 0 radical (unpaired) electrons. The molecule has 3 aromatic rings. The third-order valence-electron chi connectivity index (χ3n) is 4.24. The minimum absolute atomic E-state index is 0.0835. The normalized spacial score (nSPS) is 11.2. The number of amides is 1. The Morgan fingerprint density at radius 1 is 1.26 bits per heavy atom. The topological polar surface area (TPSA) is 60.3 Å². The Hall–Kier alpha value is -3.03. The minimum atomic E-state index is -2.86. The summed E-state index contributed by atoms with van der Waals surface area (Å²) < 4.78 is 30.5. The van der Waals surface area contributed by atoms with Crippen molar-refractivity contribution in [1.82, 2.24) is 19.7 Å². The summed E-state index contributed by atoms with van der Waals surface area (Å²) in [7, 11) is 3.49. The van der Waals surface area contributed by atoms with E-state index in [1.807, 2.05) is 13.8 Å². The van der Waals surface area contributed by atoms with Gasteiger partial charge in [0.2, 0.25) is 0 Å². The fourth-order valence-electron chi connectivity index (χ4n) is 3.07. The first-order chi connectivity index (χ1) is 12.8. The Morgan fingerprint density at radius 2 is 1.93 bits per heavy atom. The summed E-state index contributed by atoms with van der Waals surface area (Å²) in [6, 6.07) is 7.99. The zero-order chi connectivity index (χ0) is 19.7. The van der Waals surface area contributed by atoms with Gasteiger partial charge in [-0.05, 0) is 37.6 Å². The van der Waals surface area contributed by atoms with Crippen molar-refractivity contribution in [2.75, 3.05) is 7.05 Å². The Balaban J connectivity index is 1.85. The van der Waals surface area contributed by atoms with Gasteiger partial charge < -0.3 is 9.64 Å². The Labute approximate surface area is 155 Å². The minimum Gasteiger partial charge on any atom is -0.435 e. The number of aromatic nitrogens is 3. The van der Waals surface area contributed by atoms with Crippen LogP contribution in [0.4, 0.5) is 8.78 Å². The highest BCUT2D eigenvalue weighted by molar-refractivity contribution is 6.06. The molecule has 2 aromatic heterocycles. The van der Waals surface area contributed by atoms with Gasteiger partial charge >= 0.3 is 6.61 Å². The molecule has 0 bridgehead atoms.